The number of aryl methyl sites for hydroxylation is 1. The van der Waals surface area contributed by atoms with Crippen LogP contribution in [0, 0.1) is 6.92 Å². The van der Waals surface area contributed by atoms with Crippen molar-refractivity contribution in [3.63, 3.8) is 0 Å². The second-order valence-corrected chi connectivity index (χ2v) is 4.45. The molecule has 2 amide bonds. The zero-order valence-electron chi connectivity index (χ0n) is 11.7. The van der Waals surface area contributed by atoms with Crippen LogP contribution < -0.4 is 4.90 Å². The van der Waals surface area contributed by atoms with Gasteiger partial charge in [-0.1, -0.05) is 0 Å². The molecule has 104 valence electrons. The van der Waals surface area contributed by atoms with Crippen molar-refractivity contribution < 1.29 is 14.4 Å². The van der Waals surface area contributed by atoms with Crippen LogP contribution in [0.3, 0.4) is 0 Å². The topological polar surface area (TPSA) is 85.2 Å². The minimum Gasteiger partial charge on any atom is -0.274 e. The van der Waals surface area contributed by atoms with E-state index in [4.69, 9.17) is 0 Å². The number of hydrogen-bond donors (Lipinski definition) is 0. The molecular weight excluding hydrogens is 260 g/mol. The fraction of sp³-hybridized carbons (Fsp3) is 0.308. The van der Waals surface area contributed by atoms with E-state index in [2.05, 4.69) is 10.1 Å². The smallest absolute Gasteiger partial charge is 0.244 e. The van der Waals surface area contributed by atoms with Gasteiger partial charge in [-0.05, 0) is 19.1 Å². The summed E-state index contributed by atoms with van der Waals surface area (Å²) in [5.41, 5.74) is 1.52. The number of fused-ring (bicyclic) bond motifs is 1. The zero-order valence-corrected chi connectivity index (χ0v) is 11.7. The molecule has 2 aromatic heterocycles. The Labute approximate surface area is 115 Å². The first-order chi connectivity index (χ1) is 9.32. The average molecular weight is 274 g/mol. The molecule has 0 unspecified atom stereocenters. The Morgan fingerprint density at radius 2 is 1.70 bits per heavy atom. The van der Waals surface area contributed by atoms with Crippen LogP contribution >= 0.6 is 0 Å². The van der Waals surface area contributed by atoms with Gasteiger partial charge in [0.25, 0.3) is 0 Å². The lowest BCUT2D eigenvalue weighted by Gasteiger charge is -2.13. The van der Waals surface area contributed by atoms with Gasteiger partial charge in [-0.3, -0.25) is 14.4 Å². The maximum absolute atomic E-state index is 11.6. The second kappa shape index (κ2) is 4.84. The lowest BCUT2D eigenvalue weighted by Crippen LogP contribution is -2.33. The maximum atomic E-state index is 11.6. The highest BCUT2D eigenvalue weighted by molar-refractivity contribution is 6.16. The molecule has 2 aromatic rings. The Bertz CT molecular complexity index is 719. The van der Waals surface area contributed by atoms with E-state index in [0.29, 0.717) is 16.7 Å². The van der Waals surface area contributed by atoms with E-state index in [9.17, 15) is 14.4 Å². The van der Waals surface area contributed by atoms with Gasteiger partial charge in [0, 0.05) is 26.5 Å². The number of anilines is 1. The normalized spacial score (nSPS) is 10.6. The third kappa shape index (κ3) is 2.18. The van der Waals surface area contributed by atoms with E-state index in [1.165, 1.54) is 20.8 Å². The van der Waals surface area contributed by atoms with Gasteiger partial charge in [-0.15, -0.1) is 5.10 Å². The fourth-order valence-electron chi connectivity index (χ4n) is 1.99. The molecule has 7 nitrogen and oxygen atoms in total. The van der Waals surface area contributed by atoms with Gasteiger partial charge in [0.15, 0.2) is 5.82 Å². The summed E-state index contributed by atoms with van der Waals surface area (Å²) in [5, 5.41) is 4.06. The van der Waals surface area contributed by atoms with Crippen LogP contribution in [0.15, 0.2) is 12.1 Å². The lowest BCUT2D eigenvalue weighted by atomic mass is 10.3. The van der Waals surface area contributed by atoms with Gasteiger partial charge in [-0.2, -0.15) is 4.68 Å². The molecule has 0 saturated heterocycles. The average Bonchev–Trinajstić information content (AvgIpc) is 2.67. The summed E-state index contributed by atoms with van der Waals surface area (Å²) in [4.78, 5) is 40.1. The Kier molecular flexibility index (Phi) is 3.35. The van der Waals surface area contributed by atoms with Crippen molar-refractivity contribution in [1.29, 1.82) is 0 Å². The molecule has 2 heterocycles. The van der Waals surface area contributed by atoms with Crippen LogP contribution in [0.5, 0.6) is 0 Å². The Morgan fingerprint density at radius 1 is 1.10 bits per heavy atom. The predicted octanol–water partition coefficient (Wildman–Crippen LogP) is 1.30. The van der Waals surface area contributed by atoms with Crippen LogP contribution in [0.25, 0.3) is 11.0 Å². The van der Waals surface area contributed by atoms with Gasteiger partial charge in [0.05, 0.1) is 5.52 Å². The highest BCUT2D eigenvalue weighted by Crippen LogP contribution is 2.25. The molecule has 20 heavy (non-hydrogen) atoms. The number of aromatic nitrogens is 3. The predicted molar refractivity (Wildman–Crippen MR) is 72.4 cm³/mol. The number of amides is 2. The molecule has 0 spiro atoms. The van der Waals surface area contributed by atoms with Crippen molar-refractivity contribution in [3.05, 3.63) is 17.8 Å². The summed E-state index contributed by atoms with van der Waals surface area (Å²) in [7, 11) is 0. The highest BCUT2D eigenvalue weighted by Gasteiger charge is 2.25. The summed E-state index contributed by atoms with van der Waals surface area (Å²) in [5.74, 6) is -1.19. The molecule has 0 bridgehead atoms. The number of carbonyl (C=O) groups is 3. The second-order valence-electron chi connectivity index (χ2n) is 4.45. The SMILES string of the molecule is CC(=O)N(C(C)=O)c1nn(C(C)=O)c2ccc(C)nc12. The highest BCUT2D eigenvalue weighted by atomic mass is 16.2. The number of carbonyl (C=O) groups excluding carboxylic acids is 3. The van der Waals surface area contributed by atoms with Gasteiger partial charge >= 0.3 is 0 Å². The molecular formula is C13H14N4O3. The van der Waals surface area contributed by atoms with E-state index in [-0.39, 0.29) is 11.7 Å². The molecule has 0 aliphatic heterocycles. The maximum Gasteiger partial charge on any atom is 0.244 e. The minimum absolute atomic E-state index is 0.0823. The molecule has 0 fully saturated rings. The van der Waals surface area contributed by atoms with E-state index in [0.717, 1.165) is 9.58 Å². The fourth-order valence-corrected chi connectivity index (χ4v) is 1.99. The molecule has 0 aliphatic carbocycles. The Balaban J connectivity index is 2.81. The lowest BCUT2D eigenvalue weighted by molar-refractivity contribution is -0.124. The number of imide groups is 1. The quantitative estimate of drug-likeness (QED) is 0.782. The van der Waals surface area contributed by atoms with E-state index >= 15 is 0 Å². The number of pyridine rings is 1. The van der Waals surface area contributed by atoms with Crippen LogP contribution in [-0.2, 0) is 9.59 Å². The third-order valence-electron chi connectivity index (χ3n) is 2.79. The van der Waals surface area contributed by atoms with Crippen molar-refractivity contribution in [2.75, 3.05) is 4.90 Å². The van der Waals surface area contributed by atoms with Gasteiger partial charge in [0.1, 0.15) is 5.52 Å². The number of rotatable bonds is 1. The molecule has 2 rings (SSSR count). The first kappa shape index (κ1) is 13.9. The molecule has 0 atom stereocenters. The van der Waals surface area contributed by atoms with Gasteiger partial charge < -0.3 is 0 Å². The summed E-state index contributed by atoms with van der Waals surface area (Å²) in [6, 6.07) is 3.42. The van der Waals surface area contributed by atoms with Crippen LogP contribution in [-0.4, -0.2) is 32.5 Å². The van der Waals surface area contributed by atoms with Gasteiger partial charge in [-0.25, -0.2) is 9.88 Å². The van der Waals surface area contributed by atoms with Crippen molar-refractivity contribution in [2.45, 2.75) is 27.7 Å². The van der Waals surface area contributed by atoms with Crippen molar-refractivity contribution >= 4 is 34.6 Å². The first-order valence-electron chi connectivity index (χ1n) is 6.01. The molecule has 7 heteroatoms. The van der Waals surface area contributed by atoms with Crippen molar-refractivity contribution in [2.24, 2.45) is 0 Å². The zero-order chi connectivity index (χ0) is 15.0. The van der Waals surface area contributed by atoms with Gasteiger partial charge in [0.2, 0.25) is 17.7 Å². The molecule has 0 N–H and O–H groups in total. The van der Waals surface area contributed by atoms with E-state index < -0.39 is 11.8 Å². The standard InChI is InChI=1S/C13H14N4O3/c1-7-5-6-11-12(14-7)13(15-17(11)10(4)20)16(8(2)18)9(3)19/h5-6H,1-4H3. The summed E-state index contributed by atoms with van der Waals surface area (Å²) >= 11 is 0. The minimum atomic E-state index is -0.476. The first-order valence-corrected chi connectivity index (χ1v) is 6.01. The van der Waals surface area contributed by atoms with Crippen LogP contribution in [0.2, 0.25) is 0 Å². The third-order valence-corrected chi connectivity index (χ3v) is 2.79. The molecule has 0 radical (unpaired) electrons. The number of hydrogen-bond acceptors (Lipinski definition) is 5. The molecule has 0 aliphatic rings. The number of nitrogens with zero attached hydrogens (tertiary/aromatic N) is 4. The largest absolute Gasteiger partial charge is 0.274 e. The Morgan fingerprint density at radius 3 is 2.20 bits per heavy atom. The van der Waals surface area contributed by atoms with Crippen LogP contribution in [0.4, 0.5) is 5.82 Å². The molecule has 0 saturated carbocycles. The summed E-state index contributed by atoms with van der Waals surface area (Å²) in [6.07, 6.45) is 0. The molecule has 0 aromatic carbocycles. The van der Waals surface area contributed by atoms with Crippen molar-refractivity contribution in [1.82, 2.24) is 14.8 Å². The van der Waals surface area contributed by atoms with E-state index in [1.807, 2.05) is 0 Å². The van der Waals surface area contributed by atoms with Crippen molar-refractivity contribution in [3.8, 4) is 0 Å². The summed E-state index contributed by atoms with van der Waals surface area (Å²) in [6.45, 7) is 5.65. The monoisotopic (exact) mass is 274 g/mol. The van der Waals surface area contributed by atoms with E-state index in [1.54, 1.807) is 19.1 Å². The Hall–Kier alpha value is -2.57. The van der Waals surface area contributed by atoms with Crippen LogP contribution in [0.1, 0.15) is 31.3 Å². The summed E-state index contributed by atoms with van der Waals surface area (Å²) < 4.78 is 1.13.